The predicted molar refractivity (Wildman–Crippen MR) is 74.2 cm³/mol. The maximum absolute atomic E-state index is 12.8. The Labute approximate surface area is 121 Å². The third-order valence-electron chi connectivity index (χ3n) is 3.19. The Morgan fingerprint density at radius 3 is 2.52 bits per heavy atom. The maximum atomic E-state index is 12.8. The van der Waals surface area contributed by atoms with Crippen LogP contribution in [-0.4, -0.2) is 42.2 Å². The maximum Gasteiger partial charge on any atom is 0.416 e. The summed E-state index contributed by atoms with van der Waals surface area (Å²) >= 11 is 0. The number of hydrogen-bond donors (Lipinski definition) is 2. The van der Waals surface area contributed by atoms with Gasteiger partial charge < -0.3 is 15.3 Å². The number of hydrogen-bond acceptors (Lipinski definition) is 3. The zero-order chi connectivity index (χ0) is 16.2. The number of nitrogens with zero attached hydrogens (tertiary/aromatic N) is 1. The van der Waals surface area contributed by atoms with E-state index < -0.39 is 23.7 Å². The normalized spacial score (nSPS) is 12.9. The zero-order valence-corrected chi connectivity index (χ0v) is 12.2. The van der Waals surface area contributed by atoms with E-state index in [9.17, 15) is 18.0 Å². The molecule has 0 aliphatic carbocycles. The molecule has 0 aliphatic heterocycles. The summed E-state index contributed by atoms with van der Waals surface area (Å²) in [5, 5.41) is 11.9. The van der Waals surface area contributed by atoms with E-state index in [-0.39, 0.29) is 12.2 Å². The molecule has 0 saturated carbocycles. The van der Waals surface area contributed by atoms with Crippen molar-refractivity contribution in [1.82, 2.24) is 4.90 Å². The van der Waals surface area contributed by atoms with Crippen molar-refractivity contribution in [2.45, 2.75) is 26.1 Å². The quantitative estimate of drug-likeness (QED) is 0.879. The van der Waals surface area contributed by atoms with E-state index in [1.54, 1.807) is 13.8 Å². The Hall–Kier alpha value is -1.76. The monoisotopic (exact) mass is 304 g/mol. The van der Waals surface area contributed by atoms with Gasteiger partial charge in [-0.3, -0.25) is 4.79 Å². The van der Waals surface area contributed by atoms with Crippen LogP contribution in [0.2, 0.25) is 0 Å². The summed E-state index contributed by atoms with van der Waals surface area (Å²) in [5.74, 6) is -0.571. The molecule has 0 aromatic heterocycles. The summed E-state index contributed by atoms with van der Waals surface area (Å²) < 4.78 is 38.4. The van der Waals surface area contributed by atoms with Gasteiger partial charge in [0.05, 0.1) is 23.8 Å². The van der Waals surface area contributed by atoms with Gasteiger partial charge in [-0.25, -0.2) is 0 Å². The highest BCUT2D eigenvalue weighted by atomic mass is 19.4. The van der Waals surface area contributed by atoms with E-state index in [1.807, 2.05) is 0 Å². The molecule has 1 amide bonds. The van der Waals surface area contributed by atoms with E-state index in [0.29, 0.717) is 12.2 Å². The summed E-state index contributed by atoms with van der Waals surface area (Å²) in [6.45, 7) is 3.60. The first kappa shape index (κ1) is 17.3. The van der Waals surface area contributed by atoms with Crippen LogP contribution >= 0.6 is 0 Å². The SMILES string of the molecule is CCNc1ccc(C(F)(F)F)cc1C(=O)N(C)C(C)CO. The van der Waals surface area contributed by atoms with Crippen LogP contribution in [0.3, 0.4) is 0 Å². The number of alkyl halides is 3. The standard InChI is InChI=1S/C14H19F3N2O2/c1-4-18-12-6-5-10(14(15,16)17)7-11(12)13(21)19(3)9(2)8-20/h5-7,9,18,20H,4,8H2,1-3H3. The Bertz CT molecular complexity index is 503. The molecule has 0 aliphatic rings. The summed E-state index contributed by atoms with van der Waals surface area (Å²) in [4.78, 5) is 13.5. The highest BCUT2D eigenvalue weighted by Gasteiger charge is 2.32. The Kier molecular flexibility index (Phi) is 5.60. The van der Waals surface area contributed by atoms with E-state index in [2.05, 4.69) is 5.32 Å². The molecule has 1 unspecified atom stereocenters. The highest BCUT2D eigenvalue weighted by molar-refractivity contribution is 6.00. The molecule has 0 radical (unpaired) electrons. The number of aliphatic hydroxyl groups excluding tert-OH is 1. The molecule has 7 heteroatoms. The fourth-order valence-electron chi connectivity index (χ4n) is 1.75. The van der Waals surface area contributed by atoms with Gasteiger partial charge in [0.15, 0.2) is 0 Å². The van der Waals surface area contributed by atoms with Crippen LogP contribution < -0.4 is 5.32 Å². The van der Waals surface area contributed by atoms with Crippen LogP contribution in [0.25, 0.3) is 0 Å². The summed E-state index contributed by atoms with van der Waals surface area (Å²) in [7, 11) is 1.44. The van der Waals surface area contributed by atoms with E-state index >= 15 is 0 Å². The van der Waals surface area contributed by atoms with E-state index in [1.165, 1.54) is 18.0 Å². The van der Waals surface area contributed by atoms with Gasteiger partial charge in [0, 0.05) is 19.3 Å². The van der Waals surface area contributed by atoms with Crippen molar-refractivity contribution in [2.24, 2.45) is 0 Å². The molecule has 4 nitrogen and oxygen atoms in total. The number of aliphatic hydroxyl groups is 1. The van der Waals surface area contributed by atoms with Gasteiger partial charge in [-0.1, -0.05) is 0 Å². The lowest BCUT2D eigenvalue weighted by molar-refractivity contribution is -0.137. The van der Waals surface area contributed by atoms with Gasteiger partial charge in [0.25, 0.3) is 5.91 Å². The molecule has 118 valence electrons. The molecule has 1 aromatic carbocycles. The van der Waals surface area contributed by atoms with Crippen molar-refractivity contribution >= 4 is 11.6 Å². The summed E-state index contributed by atoms with van der Waals surface area (Å²) in [6, 6.07) is 2.53. The van der Waals surface area contributed by atoms with Crippen LogP contribution in [0.1, 0.15) is 29.8 Å². The van der Waals surface area contributed by atoms with E-state index in [0.717, 1.165) is 12.1 Å². The Balaban J connectivity index is 3.26. The Morgan fingerprint density at radius 2 is 2.05 bits per heavy atom. The molecule has 21 heavy (non-hydrogen) atoms. The van der Waals surface area contributed by atoms with Crippen molar-refractivity contribution in [1.29, 1.82) is 0 Å². The number of carbonyl (C=O) groups excluding carboxylic acids is 1. The minimum atomic E-state index is -4.51. The molecular weight excluding hydrogens is 285 g/mol. The lowest BCUT2D eigenvalue weighted by atomic mass is 10.1. The smallest absolute Gasteiger partial charge is 0.394 e. The lowest BCUT2D eigenvalue weighted by Gasteiger charge is -2.25. The van der Waals surface area contributed by atoms with Crippen molar-refractivity contribution in [3.63, 3.8) is 0 Å². The van der Waals surface area contributed by atoms with Crippen molar-refractivity contribution in [2.75, 3.05) is 25.5 Å². The average Bonchev–Trinajstić information content (AvgIpc) is 2.44. The summed E-state index contributed by atoms with van der Waals surface area (Å²) in [5.41, 5.74) is -0.598. The van der Waals surface area contributed by atoms with Gasteiger partial charge in [-0.15, -0.1) is 0 Å². The second kappa shape index (κ2) is 6.80. The Morgan fingerprint density at radius 1 is 1.43 bits per heavy atom. The van der Waals surface area contributed by atoms with Crippen molar-refractivity contribution in [3.8, 4) is 0 Å². The number of benzene rings is 1. The minimum Gasteiger partial charge on any atom is -0.394 e. The summed E-state index contributed by atoms with van der Waals surface area (Å²) in [6.07, 6.45) is -4.51. The lowest BCUT2D eigenvalue weighted by Crippen LogP contribution is -2.37. The number of nitrogens with one attached hydrogen (secondary N) is 1. The van der Waals surface area contributed by atoms with Crippen LogP contribution in [0.4, 0.5) is 18.9 Å². The minimum absolute atomic E-state index is 0.0607. The van der Waals surface area contributed by atoms with Crippen LogP contribution in [0, 0.1) is 0 Å². The molecule has 1 atom stereocenters. The first-order valence-electron chi connectivity index (χ1n) is 6.55. The molecule has 0 heterocycles. The van der Waals surface area contributed by atoms with Gasteiger partial charge in [0.2, 0.25) is 0 Å². The predicted octanol–water partition coefficient (Wildman–Crippen LogP) is 2.59. The second-order valence-corrected chi connectivity index (χ2v) is 4.74. The van der Waals surface area contributed by atoms with Gasteiger partial charge in [0.1, 0.15) is 0 Å². The van der Waals surface area contributed by atoms with Crippen LogP contribution in [0.5, 0.6) is 0 Å². The molecule has 1 aromatic rings. The number of carbonyl (C=O) groups is 1. The fourth-order valence-corrected chi connectivity index (χ4v) is 1.75. The van der Waals surface area contributed by atoms with Crippen molar-refractivity contribution < 1.29 is 23.1 Å². The number of likely N-dealkylation sites (N-methyl/N-ethyl adjacent to an activating group) is 1. The molecule has 2 N–H and O–H groups in total. The van der Waals surface area contributed by atoms with Gasteiger partial charge in [-0.05, 0) is 32.0 Å². The molecular formula is C14H19F3N2O2. The van der Waals surface area contributed by atoms with Crippen LogP contribution in [-0.2, 0) is 6.18 Å². The molecule has 0 spiro atoms. The highest BCUT2D eigenvalue weighted by Crippen LogP contribution is 2.32. The largest absolute Gasteiger partial charge is 0.416 e. The fraction of sp³-hybridized carbons (Fsp3) is 0.500. The molecule has 0 bridgehead atoms. The topological polar surface area (TPSA) is 52.6 Å². The molecule has 0 fully saturated rings. The number of amides is 1. The van der Waals surface area contributed by atoms with Gasteiger partial charge in [-0.2, -0.15) is 13.2 Å². The first-order chi connectivity index (χ1) is 9.72. The number of halogens is 3. The third-order valence-corrected chi connectivity index (χ3v) is 3.19. The molecule has 1 rings (SSSR count). The molecule has 0 saturated heterocycles. The first-order valence-corrected chi connectivity index (χ1v) is 6.55. The van der Waals surface area contributed by atoms with Crippen LogP contribution in [0.15, 0.2) is 18.2 Å². The average molecular weight is 304 g/mol. The number of rotatable bonds is 5. The third kappa shape index (κ3) is 4.10. The second-order valence-electron chi connectivity index (χ2n) is 4.74. The van der Waals surface area contributed by atoms with Gasteiger partial charge >= 0.3 is 6.18 Å². The number of anilines is 1. The van der Waals surface area contributed by atoms with E-state index in [4.69, 9.17) is 5.11 Å². The van der Waals surface area contributed by atoms with Crippen molar-refractivity contribution in [3.05, 3.63) is 29.3 Å². The zero-order valence-electron chi connectivity index (χ0n) is 12.2.